The lowest BCUT2D eigenvalue weighted by Crippen LogP contribution is -2.00. The summed E-state index contributed by atoms with van der Waals surface area (Å²) in [6.45, 7) is 1.96. The number of nitrogens with two attached hydrogens (primary N) is 1. The highest BCUT2D eigenvalue weighted by atomic mass is 32.1. The number of aromatic nitrogens is 1. The van der Waals surface area contributed by atoms with Gasteiger partial charge in [0.15, 0.2) is 0 Å². The van der Waals surface area contributed by atoms with Crippen LogP contribution in [0.15, 0.2) is 41.8 Å². The molecule has 0 radical (unpaired) electrons. The summed E-state index contributed by atoms with van der Waals surface area (Å²) in [6, 6.07) is 12.2. The summed E-state index contributed by atoms with van der Waals surface area (Å²) in [4.78, 5) is 5.14. The van der Waals surface area contributed by atoms with Crippen molar-refractivity contribution in [3.05, 3.63) is 58.7 Å². The number of nitrogens with zero attached hydrogens (tertiary/aromatic N) is 2. The number of hydrogen-bond acceptors (Lipinski definition) is 4. The molecule has 2 aromatic heterocycles. The van der Waals surface area contributed by atoms with Crippen molar-refractivity contribution in [2.24, 2.45) is 0 Å². The summed E-state index contributed by atoms with van der Waals surface area (Å²) in [6.07, 6.45) is 0. The van der Waals surface area contributed by atoms with Crippen molar-refractivity contribution in [1.29, 1.82) is 5.26 Å². The van der Waals surface area contributed by atoms with Crippen LogP contribution in [0.2, 0.25) is 0 Å². The molecule has 0 fully saturated rings. The lowest BCUT2D eigenvalue weighted by Gasteiger charge is -2.10. The highest BCUT2D eigenvalue weighted by Crippen LogP contribution is 2.36. The van der Waals surface area contributed by atoms with Crippen molar-refractivity contribution in [2.75, 3.05) is 5.73 Å². The summed E-state index contributed by atoms with van der Waals surface area (Å²) >= 11 is 1.52. The smallest absolute Gasteiger partial charge is 0.142 e. The molecule has 0 aliphatic rings. The first-order chi connectivity index (χ1) is 10.6. The van der Waals surface area contributed by atoms with Gasteiger partial charge in [-0.2, -0.15) is 5.26 Å². The Balaban J connectivity index is 2.29. The highest BCUT2D eigenvalue weighted by molar-refractivity contribution is 7.13. The first kappa shape index (κ1) is 14.2. The summed E-state index contributed by atoms with van der Waals surface area (Å²) < 4.78 is 14.0. The lowest BCUT2D eigenvalue weighted by molar-refractivity contribution is 0.631. The second-order valence-corrected chi connectivity index (χ2v) is 5.76. The molecule has 3 aromatic rings. The van der Waals surface area contributed by atoms with Crippen LogP contribution < -0.4 is 5.73 Å². The first-order valence-corrected chi connectivity index (χ1v) is 7.49. The fourth-order valence-electron chi connectivity index (χ4n) is 2.32. The molecule has 0 amide bonds. The number of anilines is 1. The van der Waals surface area contributed by atoms with Crippen LogP contribution >= 0.6 is 11.3 Å². The molecular formula is C17H12FN3S. The predicted molar refractivity (Wildman–Crippen MR) is 86.8 cm³/mol. The minimum atomic E-state index is -0.368. The zero-order chi connectivity index (χ0) is 15.7. The van der Waals surface area contributed by atoms with Crippen molar-refractivity contribution in [3.8, 4) is 27.8 Å². The van der Waals surface area contributed by atoms with Gasteiger partial charge in [-0.3, -0.25) is 0 Å². The van der Waals surface area contributed by atoms with Crippen molar-refractivity contribution >= 4 is 17.2 Å². The third-order valence-corrected chi connectivity index (χ3v) is 4.47. The minimum absolute atomic E-state index is 0.117. The van der Waals surface area contributed by atoms with E-state index in [0.717, 1.165) is 10.4 Å². The van der Waals surface area contributed by atoms with Crippen molar-refractivity contribution < 1.29 is 4.39 Å². The van der Waals surface area contributed by atoms with Crippen molar-refractivity contribution in [3.63, 3.8) is 0 Å². The highest BCUT2D eigenvalue weighted by Gasteiger charge is 2.17. The Labute approximate surface area is 131 Å². The largest absolute Gasteiger partial charge is 0.383 e. The average Bonchev–Trinajstić information content (AvgIpc) is 2.93. The Kier molecular flexibility index (Phi) is 3.61. The fraction of sp³-hybridized carbons (Fsp3) is 0.0588. The SMILES string of the molecule is Cc1ccsc1-c1cc(-c2ccccc2F)nc(N)c1C#N. The second kappa shape index (κ2) is 5.58. The first-order valence-electron chi connectivity index (χ1n) is 6.62. The number of rotatable bonds is 2. The third-order valence-electron chi connectivity index (χ3n) is 3.42. The van der Waals surface area contributed by atoms with Gasteiger partial charge in [-0.05, 0) is 42.1 Å². The molecule has 22 heavy (non-hydrogen) atoms. The Hall–Kier alpha value is -2.71. The third kappa shape index (κ3) is 2.34. The molecule has 2 N–H and O–H groups in total. The van der Waals surface area contributed by atoms with E-state index in [0.29, 0.717) is 22.4 Å². The van der Waals surface area contributed by atoms with Gasteiger partial charge in [-0.25, -0.2) is 9.37 Å². The van der Waals surface area contributed by atoms with Gasteiger partial charge in [-0.15, -0.1) is 11.3 Å². The maximum absolute atomic E-state index is 14.0. The monoisotopic (exact) mass is 309 g/mol. The van der Waals surface area contributed by atoms with Crippen LogP contribution in [0.25, 0.3) is 21.7 Å². The number of hydrogen-bond donors (Lipinski definition) is 1. The minimum Gasteiger partial charge on any atom is -0.383 e. The predicted octanol–water partition coefficient (Wildman–Crippen LogP) is 4.38. The summed E-state index contributed by atoms with van der Waals surface area (Å²) in [5.74, 6) is -0.251. The van der Waals surface area contributed by atoms with Crippen LogP contribution in [0.4, 0.5) is 10.2 Å². The molecule has 2 heterocycles. The molecule has 1 aromatic carbocycles. The van der Waals surface area contributed by atoms with E-state index in [2.05, 4.69) is 11.1 Å². The number of halogens is 1. The summed E-state index contributed by atoms with van der Waals surface area (Å²) in [5, 5.41) is 11.3. The lowest BCUT2D eigenvalue weighted by atomic mass is 10.0. The number of nitriles is 1. The number of nitrogen functional groups attached to an aromatic ring is 1. The zero-order valence-corrected chi connectivity index (χ0v) is 12.6. The van der Waals surface area contributed by atoms with E-state index in [1.165, 1.54) is 17.4 Å². The molecular weight excluding hydrogens is 297 g/mol. The molecule has 0 atom stereocenters. The number of pyridine rings is 1. The number of thiophene rings is 1. The average molecular weight is 309 g/mol. The van der Waals surface area contributed by atoms with E-state index in [9.17, 15) is 9.65 Å². The van der Waals surface area contributed by atoms with Gasteiger partial charge in [0, 0.05) is 16.0 Å². The number of benzene rings is 1. The normalized spacial score (nSPS) is 10.4. The van der Waals surface area contributed by atoms with Crippen LogP contribution in [0.5, 0.6) is 0 Å². The molecule has 0 saturated carbocycles. The molecule has 0 aliphatic heterocycles. The Morgan fingerprint density at radius 1 is 1.23 bits per heavy atom. The molecule has 0 saturated heterocycles. The van der Waals surface area contributed by atoms with E-state index in [-0.39, 0.29) is 11.6 Å². The number of aryl methyl sites for hydroxylation is 1. The van der Waals surface area contributed by atoms with E-state index in [4.69, 9.17) is 5.73 Å². The molecule has 108 valence electrons. The standard InChI is InChI=1S/C17H12FN3S/c1-10-6-7-22-16(10)12-8-15(21-17(20)13(12)9-19)11-4-2-3-5-14(11)18/h2-8H,1H3,(H2,20,21). The van der Waals surface area contributed by atoms with Gasteiger partial charge in [0.1, 0.15) is 23.3 Å². The van der Waals surface area contributed by atoms with Crippen molar-refractivity contribution in [2.45, 2.75) is 6.92 Å². The van der Waals surface area contributed by atoms with Gasteiger partial charge in [-0.1, -0.05) is 12.1 Å². The van der Waals surface area contributed by atoms with E-state index < -0.39 is 0 Å². The topological polar surface area (TPSA) is 62.7 Å². The van der Waals surface area contributed by atoms with Gasteiger partial charge in [0.2, 0.25) is 0 Å². The fourth-order valence-corrected chi connectivity index (χ4v) is 3.27. The summed E-state index contributed by atoms with van der Waals surface area (Å²) in [7, 11) is 0. The molecule has 0 aliphatic carbocycles. The van der Waals surface area contributed by atoms with Gasteiger partial charge < -0.3 is 5.73 Å². The van der Waals surface area contributed by atoms with Crippen LogP contribution in [-0.4, -0.2) is 4.98 Å². The van der Waals surface area contributed by atoms with Gasteiger partial charge in [0.25, 0.3) is 0 Å². The van der Waals surface area contributed by atoms with Crippen LogP contribution in [-0.2, 0) is 0 Å². The van der Waals surface area contributed by atoms with Gasteiger partial charge in [0.05, 0.1) is 5.69 Å². The molecule has 0 spiro atoms. The maximum Gasteiger partial charge on any atom is 0.142 e. The van der Waals surface area contributed by atoms with E-state index in [1.807, 2.05) is 18.4 Å². The van der Waals surface area contributed by atoms with Gasteiger partial charge >= 0.3 is 0 Å². The Morgan fingerprint density at radius 2 is 2.00 bits per heavy atom. The summed E-state index contributed by atoms with van der Waals surface area (Å²) in [5.41, 5.74) is 8.79. The Morgan fingerprint density at radius 3 is 2.64 bits per heavy atom. The van der Waals surface area contributed by atoms with Crippen LogP contribution in [0.3, 0.4) is 0 Å². The van der Waals surface area contributed by atoms with Crippen LogP contribution in [0, 0.1) is 24.1 Å². The van der Waals surface area contributed by atoms with Crippen molar-refractivity contribution in [1.82, 2.24) is 4.98 Å². The molecule has 5 heteroatoms. The maximum atomic E-state index is 14.0. The second-order valence-electron chi connectivity index (χ2n) is 4.84. The van der Waals surface area contributed by atoms with E-state index in [1.54, 1.807) is 24.3 Å². The molecule has 0 bridgehead atoms. The van der Waals surface area contributed by atoms with Crippen LogP contribution in [0.1, 0.15) is 11.1 Å². The van der Waals surface area contributed by atoms with E-state index >= 15 is 0 Å². The Bertz CT molecular complexity index is 893. The molecule has 3 nitrogen and oxygen atoms in total. The molecule has 3 rings (SSSR count). The quantitative estimate of drug-likeness (QED) is 0.764. The zero-order valence-electron chi connectivity index (χ0n) is 11.8. The molecule has 0 unspecified atom stereocenters.